The molecule has 5 nitrogen and oxygen atoms in total. The standard InChI is InChI=1S/C20H15ClN2O3/c21-18-12-11-16(13-19(18)23(25)26)20(24)22(17-9-5-2-6-10-17)14-15-7-3-1-4-8-15/h1-13H,14H2. The Morgan fingerprint density at radius 2 is 1.58 bits per heavy atom. The number of carbonyl (C=O) groups is 1. The molecule has 0 saturated carbocycles. The number of hydrogen-bond acceptors (Lipinski definition) is 3. The first kappa shape index (κ1) is 17.6. The van der Waals surface area contributed by atoms with E-state index in [1.807, 2.05) is 60.7 Å². The monoisotopic (exact) mass is 366 g/mol. The summed E-state index contributed by atoms with van der Waals surface area (Å²) in [7, 11) is 0. The molecule has 0 atom stereocenters. The van der Waals surface area contributed by atoms with E-state index in [1.54, 1.807) is 4.90 Å². The van der Waals surface area contributed by atoms with Gasteiger partial charge in [0.15, 0.2) is 0 Å². The van der Waals surface area contributed by atoms with Crippen LogP contribution in [0.1, 0.15) is 15.9 Å². The molecule has 0 aromatic heterocycles. The van der Waals surface area contributed by atoms with Gasteiger partial charge in [0, 0.05) is 17.3 Å². The van der Waals surface area contributed by atoms with Crippen molar-refractivity contribution < 1.29 is 9.72 Å². The highest BCUT2D eigenvalue weighted by Gasteiger charge is 2.22. The van der Waals surface area contributed by atoms with Gasteiger partial charge in [0.2, 0.25) is 0 Å². The average Bonchev–Trinajstić information content (AvgIpc) is 2.67. The molecule has 0 spiro atoms. The molecular weight excluding hydrogens is 352 g/mol. The molecule has 0 aliphatic heterocycles. The third-order valence-corrected chi connectivity index (χ3v) is 4.21. The summed E-state index contributed by atoms with van der Waals surface area (Å²) in [5.41, 5.74) is 1.58. The van der Waals surface area contributed by atoms with Gasteiger partial charge in [-0.2, -0.15) is 0 Å². The molecule has 3 rings (SSSR count). The van der Waals surface area contributed by atoms with E-state index in [9.17, 15) is 14.9 Å². The predicted molar refractivity (Wildman–Crippen MR) is 102 cm³/mol. The number of benzene rings is 3. The van der Waals surface area contributed by atoms with Gasteiger partial charge in [-0.15, -0.1) is 0 Å². The van der Waals surface area contributed by atoms with E-state index in [-0.39, 0.29) is 22.2 Å². The lowest BCUT2D eigenvalue weighted by molar-refractivity contribution is -0.384. The smallest absolute Gasteiger partial charge is 0.288 e. The Hall–Kier alpha value is -3.18. The fraction of sp³-hybridized carbons (Fsp3) is 0.0500. The van der Waals surface area contributed by atoms with Crippen molar-refractivity contribution in [1.29, 1.82) is 0 Å². The van der Waals surface area contributed by atoms with Crippen LogP contribution in [-0.2, 0) is 6.54 Å². The Kier molecular flexibility index (Phi) is 5.29. The summed E-state index contributed by atoms with van der Waals surface area (Å²) in [5, 5.41) is 11.1. The summed E-state index contributed by atoms with van der Waals surface area (Å²) in [6.07, 6.45) is 0. The van der Waals surface area contributed by atoms with Crippen LogP contribution in [0.2, 0.25) is 5.02 Å². The van der Waals surface area contributed by atoms with Crippen LogP contribution < -0.4 is 4.90 Å². The minimum atomic E-state index is -0.594. The third-order valence-electron chi connectivity index (χ3n) is 3.89. The largest absolute Gasteiger partial charge is 0.304 e. The van der Waals surface area contributed by atoms with Crippen LogP contribution in [-0.4, -0.2) is 10.8 Å². The Balaban J connectivity index is 2.00. The van der Waals surface area contributed by atoms with E-state index in [0.717, 1.165) is 5.56 Å². The molecule has 0 N–H and O–H groups in total. The van der Waals surface area contributed by atoms with Crippen LogP contribution in [0.4, 0.5) is 11.4 Å². The fourth-order valence-corrected chi connectivity index (χ4v) is 2.78. The van der Waals surface area contributed by atoms with E-state index in [0.29, 0.717) is 12.2 Å². The van der Waals surface area contributed by atoms with Gasteiger partial charge in [0.05, 0.1) is 11.5 Å². The second kappa shape index (κ2) is 7.80. The lowest BCUT2D eigenvalue weighted by Gasteiger charge is -2.23. The molecule has 3 aromatic rings. The minimum absolute atomic E-state index is 0.000806. The van der Waals surface area contributed by atoms with E-state index < -0.39 is 4.92 Å². The normalized spacial score (nSPS) is 10.3. The Morgan fingerprint density at radius 1 is 0.962 bits per heavy atom. The molecular formula is C20H15ClN2O3. The minimum Gasteiger partial charge on any atom is -0.304 e. The number of amides is 1. The second-order valence-electron chi connectivity index (χ2n) is 5.64. The first-order chi connectivity index (χ1) is 12.6. The van der Waals surface area contributed by atoms with E-state index in [1.165, 1.54) is 18.2 Å². The summed E-state index contributed by atoms with van der Waals surface area (Å²) in [6.45, 7) is 0.347. The zero-order valence-electron chi connectivity index (χ0n) is 13.7. The summed E-state index contributed by atoms with van der Waals surface area (Å²) in [6, 6.07) is 22.8. The summed E-state index contributed by atoms with van der Waals surface area (Å²) in [4.78, 5) is 25.2. The van der Waals surface area contributed by atoms with Crippen molar-refractivity contribution in [3.8, 4) is 0 Å². The highest BCUT2D eigenvalue weighted by molar-refractivity contribution is 6.32. The molecule has 0 heterocycles. The van der Waals surface area contributed by atoms with Gasteiger partial charge in [-0.1, -0.05) is 60.1 Å². The van der Waals surface area contributed by atoms with Crippen LogP contribution in [0.3, 0.4) is 0 Å². The highest BCUT2D eigenvalue weighted by atomic mass is 35.5. The van der Waals surface area contributed by atoms with Gasteiger partial charge in [0.1, 0.15) is 5.02 Å². The number of para-hydroxylation sites is 1. The fourth-order valence-electron chi connectivity index (χ4n) is 2.60. The molecule has 0 unspecified atom stereocenters. The quantitative estimate of drug-likeness (QED) is 0.466. The maximum absolute atomic E-state index is 13.1. The highest BCUT2D eigenvalue weighted by Crippen LogP contribution is 2.27. The molecule has 130 valence electrons. The van der Waals surface area contributed by atoms with Gasteiger partial charge in [0.25, 0.3) is 11.6 Å². The molecule has 6 heteroatoms. The molecule has 26 heavy (non-hydrogen) atoms. The Bertz CT molecular complexity index is 930. The maximum Gasteiger partial charge on any atom is 0.288 e. The SMILES string of the molecule is O=C(c1ccc(Cl)c([N+](=O)[O-])c1)N(Cc1ccccc1)c1ccccc1. The topological polar surface area (TPSA) is 63.4 Å². The van der Waals surface area contributed by atoms with Gasteiger partial charge in [-0.25, -0.2) is 0 Å². The first-order valence-electron chi connectivity index (χ1n) is 7.91. The number of nitro benzene ring substituents is 1. The molecule has 0 saturated heterocycles. The number of carbonyl (C=O) groups excluding carboxylic acids is 1. The number of rotatable bonds is 5. The van der Waals surface area contributed by atoms with Crippen molar-refractivity contribution in [2.45, 2.75) is 6.54 Å². The lowest BCUT2D eigenvalue weighted by atomic mass is 10.1. The lowest BCUT2D eigenvalue weighted by Crippen LogP contribution is -2.30. The molecule has 0 aliphatic rings. The second-order valence-corrected chi connectivity index (χ2v) is 6.04. The summed E-state index contributed by atoms with van der Waals surface area (Å²) < 4.78 is 0. The summed E-state index contributed by atoms with van der Waals surface area (Å²) >= 11 is 5.86. The van der Waals surface area contributed by atoms with E-state index in [2.05, 4.69) is 0 Å². The molecule has 3 aromatic carbocycles. The maximum atomic E-state index is 13.1. The zero-order valence-corrected chi connectivity index (χ0v) is 14.5. The number of anilines is 1. The molecule has 0 aliphatic carbocycles. The van der Waals surface area contributed by atoms with E-state index in [4.69, 9.17) is 11.6 Å². The average molecular weight is 367 g/mol. The van der Waals surface area contributed by atoms with Gasteiger partial charge < -0.3 is 4.90 Å². The van der Waals surface area contributed by atoms with Gasteiger partial charge >= 0.3 is 0 Å². The molecule has 1 amide bonds. The number of nitrogens with zero attached hydrogens (tertiary/aromatic N) is 2. The van der Waals surface area contributed by atoms with Crippen molar-refractivity contribution in [3.05, 3.63) is 105 Å². The zero-order chi connectivity index (χ0) is 18.5. The van der Waals surface area contributed by atoms with Crippen LogP contribution in [0, 0.1) is 10.1 Å². The van der Waals surface area contributed by atoms with Crippen LogP contribution in [0.25, 0.3) is 0 Å². The third kappa shape index (κ3) is 3.90. The number of hydrogen-bond donors (Lipinski definition) is 0. The molecule has 0 bridgehead atoms. The predicted octanol–water partition coefficient (Wildman–Crippen LogP) is 5.10. The summed E-state index contributed by atoms with van der Waals surface area (Å²) in [5.74, 6) is -0.334. The van der Waals surface area contributed by atoms with Crippen LogP contribution >= 0.6 is 11.6 Å². The molecule has 0 fully saturated rings. The van der Waals surface area contributed by atoms with Crippen LogP contribution in [0.15, 0.2) is 78.9 Å². The van der Waals surface area contributed by atoms with Crippen molar-refractivity contribution in [1.82, 2.24) is 0 Å². The molecule has 0 radical (unpaired) electrons. The van der Waals surface area contributed by atoms with Crippen LogP contribution in [0.5, 0.6) is 0 Å². The number of halogens is 1. The Labute approximate surface area is 155 Å². The van der Waals surface area contributed by atoms with Gasteiger partial charge in [-0.05, 0) is 29.8 Å². The van der Waals surface area contributed by atoms with Gasteiger partial charge in [-0.3, -0.25) is 14.9 Å². The van der Waals surface area contributed by atoms with Crippen molar-refractivity contribution in [2.24, 2.45) is 0 Å². The van der Waals surface area contributed by atoms with Crippen molar-refractivity contribution in [2.75, 3.05) is 4.90 Å². The first-order valence-corrected chi connectivity index (χ1v) is 8.29. The number of nitro groups is 1. The van der Waals surface area contributed by atoms with Crippen molar-refractivity contribution >= 4 is 28.9 Å². The van der Waals surface area contributed by atoms with Crippen molar-refractivity contribution in [3.63, 3.8) is 0 Å². The van der Waals surface area contributed by atoms with E-state index >= 15 is 0 Å². The Morgan fingerprint density at radius 3 is 2.19 bits per heavy atom.